The second kappa shape index (κ2) is 16.5. The van der Waals surface area contributed by atoms with E-state index >= 15 is 0 Å². The maximum absolute atomic E-state index is 13.7. The first-order chi connectivity index (χ1) is 19.8. The lowest BCUT2D eigenvalue weighted by molar-refractivity contribution is -0.186. The molecule has 0 amide bonds. The molecule has 0 heterocycles. The van der Waals surface area contributed by atoms with Gasteiger partial charge in [-0.3, -0.25) is 27.8 Å². The Kier molecular flexibility index (Phi) is 15.8. The highest BCUT2D eigenvalue weighted by atomic mass is 31.2. The van der Waals surface area contributed by atoms with Gasteiger partial charge in [0.1, 0.15) is 12.1 Å². The highest BCUT2D eigenvalue weighted by molar-refractivity contribution is 7.73. The highest BCUT2D eigenvalue weighted by Gasteiger charge is 2.62. The topological polar surface area (TPSA) is 297 Å². The Balaban J connectivity index is 5.91. The number of ether oxygens (including phenoxy) is 4. The van der Waals surface area contributed by atoms with Gasteiger partial charge in [0.2, 0.25) is 24.8 Å². The van der Waals surface area contributed by atoms with E-state index in [0.717, 1.165) is 27.7 Å². The molecule has 18 nitrogen and oxygen atoms in total. The van der Waals surface area contributed by atoms with Crippen LogP contribution in [-0.4, -0.2) is 87.3 Å². The van der Waals surface area contributed by atoms with E-state index in [4.69, 9.17) is 45.2 Å². The van der Waals surface area contributed by atoms with Crippen molar-refractivity contribution in [3.8, 4) is 0 Å². The van der Waals surface area contributed by atoms with Crippen LogP contribution in [0.1, 0.15) is 68.2 Å². The van der Waals surface area contributed by atoms with Crippen molar-refractivity contribution in [2.75, 3.05) is 20.1 Å². The van der Waals surface area contributed by atoms with Crippen molar-refractivity contribution in [1.82, 2.24) is 0 Å². The zero-order valence-electron chi connectivity index (χ0n) is 26.2. The van der Waals surface area contributed by atoms with Gasteiger partial charge in [0.15, 0.2) is 0 Å². The Hall–Kier alpha value is -1.98. The van der Waals surface area contributed by atoms with Gasteiger partial charge in [-0.15, -0.1) is 0 Å². The smallest absolute Gasteiger partial charge is 0.380 e. The van der Waals surface area contributed by atoms with Gasteiger partial charge in [0.05, 0.1) is 0 Å². The minimum Gasteiger partial charge on any atom is -0.446 e. The molecule has 0 aromatic heterocycles. The first-order valence-electron chi connectivity index (χ1n) is 13.5. The third kappa shape index (κ3) is 11.4. The minimum absolute atomic E-state index is 0.220. The van der Waals surface area contributed by atoms with Crippen molar-refractivity contribution in [3.63, 3.8) is 0 Å². The van der Waals surface area contributed by atoms with Gasteiger partial charge in [-0.2, -0.15) is 0 Å². The molecule has 0 bridgehead atoms. The van der Waals surface area contributed by atoms with Gasteiger partial charge in [-0.1, -0.05) is 27.7 Å². The normalized spacial score (nSPS) is 15.7. The third-order valence-electron chi connectivity index (χ3n) is 6.12. The Morgan fingerprint density at radius 2 is 1.09 bits per heavy atom. The van der Waals surface area contributed by atoms with E-state index in [-0.39, 0.29) is 24.8 Å². The molecule has 3 atom stereocenters. The third-order valence-corrected chi connectivity index (χ3v) is 10.8. The number of rotatable bonds is 19. The summed E-state index contributed by atoms with van der Waals surface area (Å²) in [5, 5.41) is 7.39. The van der Waals surface area contributed by atoms with Crippen LogP contribution >= 0.6 is 15.2 Å². The first-order valence-corrected chi connectivity index (χ1v) is 16.6. The van der Waals surface area contributed by atoms with Gasteiger partial charge >= 0.3 is 39.1 Å². The van der Waals surface area contributed by atoms with Crippen LogP contribution in [-0.2, 0) is 56.3 Å². The number of carbonyl (C=O) groups excluding carboxylic acids is 4. The van der Waals surface area contributed by atoms with Crippen LogP contribution in [0.3, 0.4) is 0 Å². The fraction of sp³-hybridized carbons (Fsp3) is 0.833. The summed E-state index contributed by atoms with van der Waals surface area (Å²) < 4.78 is 55.7. The zero-order valence-corrected chi connectivity index (χ0v) is 28.0. The number of hydrogen-bond acceptors (Lipinski definition) is 16. The molecule has 0 saturated heterocycles. The summed E-state index contributed by atoms with van der Waals surface area (Å²) in [6.07, 6.45) is -1.23. The van der Waals surface area contributed by atoms with Crippen LogP contribution in [0.15, 0.2) is 0 Å². The molecule has 0 aliphatic rings. The summed E-state index contributed by atoms with van der Waals surface area (Å²) in [5.74, 6) is -5.05. The number of aliphatic hydroxyl groups is 1. The van der Waals surface area contributed by atoms with Crippen LogP contribution in [0, 0.1) is 11.8 Å². The quantitative estimate of drug-likeness (QED) is 0.0465. The Morgan fingerprint density at radius 3 is 1.36 bits per heavy atom. The lowest BCUT2D eigenvalue weighted by Crippen LogP contribution is -2.46. The molecule has 0 aromatic carbocycles. The van der Waals surface area contributed by atoms with Crippen LogP contribution in [0.25, 0.3) is 0 Å². The standard InChI is InChI=1S/C24H47N3O15P2/c1-14(2)16(26)18(28)41-22(5,6)20(30)37-12-39-44(36,24(32,10-9-11-25)43(33,34)35)40-13-38-21(31)23(7,8)42-19(29)17(27)15(3)4/h14-17,32H,9-13,25-27H2,1-8H3,(H2,33,34,35)/t16-,17-,24?/m1/s1. The Morgan fingerprint density at radius 1 is 0.750 bits per heavy atom. The number of nitrogens with two attached hydrogens (primary N) is 3. The molecule has 0 saturated carbocycles. The summed E-state index contributed by atoms with van der Waals surface area (Å²) in [4.78, 5) is 69.4. The number of carbonyl (C=O) groups is 4. The molecule has 0 aliphatic heterocycles. The van der Waals surface area contributed by atoms with Crippen molar-refractivity contribution < 1.29 is 71.2 Å². The molecule has 0 aliphatic carbocycles. The maximum atomic E-state index is 13.7. The van der Waals surface area contributed by atoms with Crippen molar-refractivity contribution in [2.45, 2.75) is 96.6 Å². The van der Waals surface area contributed by atoms with E-state index < -0.39 is 87.4 Å². The number of esters is 4. The summed E-state index contributed by atoms with van der Waals surface area (Å²) in [7, 11) is -11.3. The summed E-state index contributed by atoms with van der Waals surface area (Å²) >= 11 is 0. The lowest BCUT2D eigenvalue weighted by Gasteiger charge is -2.34. The predicted molar refractivity (Wildman–Crippen MR) is 153 cm³/mol. The average molecular weight is 680 g/mol. The first kappa shape index (κ1) is 42.0. The molecule has 9 N–H and O–H groups in total. The molecule has 0 rings (SSSR count). The SMILES string of the molecule is CC(C)[C@@H](N)C(=O)OC(C)(C)C(=O)OCOP(=O)(OCOC(=O)C(C)(C)OC(=O)[C@H](N)C(C)C)C(O)(CCCN)P(=O)(O)O. The Labute approximate surface area is 256 Å². The van der Waals surface area contributed by atoms with Gasteiger partial charge in [0.25, 0.3) is 5.08 Å². The van der Waals surface area contributed by atoms with E-state index in [2.05, 4.69) is 0 Å². The highest BCUT2D eigenvalue weighted by Crippen LogP contribution is 2.74. The van der Waals surface area contributed by atoms with E-state index in [1.165, 1.54) is 0 Å². The van der Waals surface area contributed by atoms with Crippen LogP contribution < -0.4 is 17.2 Å². The fourth-order valence-electron chi connectivity index (χ4n) is 2.94. The summed E-state index contributed by atoms with van der Waals surface area (Å²) in [6.45, 7) is 8.23. The van der Waals surface area contributed by atoms with E-state index in [0.29, 0.717) is 0 Å². The molecule has 20 heteroatoms. The summed E-state index contributed by atoms with van der Waals surface area (Å²) in [6, 6.07) is -2.15. The van der Waals surface area contributed by atoms with E-state index in [9.17, 15) is 43.2 Å². The summed E-state index contributed by atoms with van der Waals surface area (Å²) in [5.41, 5.74) is 12.9. The van der Waals surface area contributed by atoms with Crippen LogP contribution in [0.2, 0.25) is 0 Å². The Bertz CT molecular complexity index is 1050. The van der Waals surface area contributed by atoms with Gasteiger partial charge in [-0.25, -0.2) is 9.59 Å². The molecular formula is C24H47N3O15P2. The van der Waals surface area contributed by atoms with Gasteiger partial charge < -0.3 is 51.0 Å². The average Bonchev–Trinajstić information content (AvgIpc) is 2.88. The fourth-order valence-corrected chi connectivity index (χ4v) is 6.31. The number of hydrogen-bond donors (Lipinski definition) is 6. The molecule has 0 radical (unpaired) electrons. The molecule has 0 fully saturated rings. The molecule has 0 spiro atoms. The van der Waals surface area contributed by atoms with E-state index in [1.54, 1.807) is 27.7 Å². The van der Waals surface area contributed by atoms with Crippen LogP contribution in [0.5, 0.6) is 0 Å². The van der Waals surface area contributed by atoms with Crippen molar-refractivity contribution in [1.29, 1.82) is 0 Å². The van der Waals surface area contributed by atoms with Crippen molar-refractivity contribution in [2.24, 2.45) is 29.0 Å². The molecule has 0 aromatic rings. The zero-order chi connectivity index (χ0) is 34.9. The van der Waals surface area contributed by atoms with Gasteiger partial charge in [0, 0.05) is 6.42 Å². The van der Waals surface area contributed by atoms with Crippen LogP contribution in [0.4, 0.5) is 0 Å². The van der Waals surface area contributed by atoms with Gasteiger partial charge in [-0.05, 0) is 52.5 Å². The largest absolute Gasteiger partial charge is 0.446 e. The predicted octanol–water partition coefficient (Wildman–Crippen LogP) is 0.387. The van der Waals surface area contributed by atoms with E-state index in [1.807, 2.05) is 0 Å². The lowest BCUT2D eigenvalue weighted by atomic mass is 10.1. The second-order valence-electron chi connectivity index (χ2n) is 11.5. The molecule has 44 heavy (non-hydrogen) atoms. The molecule has 1 unspecified atom stereocenters. The second-order valence-corrected chi connectivity index (χ2v) is 15.9. The molecule has 258 valence electrons. The minimum atomic E-state index is -5.77. The van der Waals surface area contributed by atoms with Crippen molar-refractivity contribution in [3.05, 3.63) is 0 Å². The monoisotopic (exact) mass is 679 g/mol. The maximum Gasteiger partial charge on any atom is 0.380 e. The molecular weight excluding hydrogens is 632 g/mol. The van der Waals surface area contributed by atoms with Crippen molar-refractivity contribution >= 4 is 39.1 Å².